The number of hydrogen-bond acceptors (Lipinski definition) is 1. The van der Waals surface area contributed by atoms with Gasteiger partial charge < -0.3 is 5.32 Å². The van der Waals surface area contributed by atoms with Crippen LogP contribution in [-0.2, 0) is 12.6 Å². The van der Waals surface area contributed by atoms with Crippen LogP contribution < -0.4 is 5.32 Å². The summed E-state index contributed by atoms with van der Waals surface area (Å²) < 4.78 is 38.0. The second-order valence-corrected chi connectivity index (χ2v) is 6.31. The standard InChI is InChI=1S/C16H24F3N/c1-5-12(11-20-15(2,3)4)9-13-7-6-8-14(10-13)16(17,18)19/h6-8,10,12,20H,5,9,11H2,1-4H3. The van der Waals surface area contributed by atoms with Crippen molar-refractivity contribution in [3.8, 4) is 0 Å². The van der Waals surface area contributed by atoms with Crippen molar-refractivity contribution in [3.63, 3.8) is 0 Å². The highest BCUT2D eigenvalue weighted by atomic mass is 19.4. The van der Waals surface area contributed by atoms with Gasteiger partial charge in [-0.2, -0.15) is 13.2 Å². The summed E-state index contributed by atoms with van der Waals surface area (Å²) in [6, 6.07) is 5.65. The van der Waals surface area contributed by atoms with Gasteiger partial charge in [-0.1, -0.05) is 31.5 Å². The summed E-state index contributed by atoms with van der Waals surface area (Å²) in [5.41, 5.74) is 0.220. The zero-order valence-corrected chi connectivity index (χ0v) is 12.6. The number of halogens is 3. The average molecular weight is 287 g/mol. The quantitative estimate of drug-likeness (QED) is 0.830. The van der Waals surface area contributed by atoms with Gasteiger partial charge in [-0.25, -0.2) is 0 Å². The molecule has 1 atom stereocenters. The molecule has 0 radical (unpaired) electrons. The highest BCUT2D eigenvalue weighted by Crippen LogP contribution is 2.30. The average Bonchev–Trinajstić information content (AvgIpc) is 2.32. The van der Waals surface area contributed by atoms with Gasteiger partial charge in [0.2, 0.25) is 0 Å². The molecule has 114 valence electrons. The van der Waals surface area contributed by atoms with E-state index < -0.39 is 11.7 Å². The molecular weight excluding hydrogens is 263 g/mol. The maximum atomic E-state index is 12.7. The van der Waals surface area contributed by atoms with E-state index in [-0.39, 0.29) is 5.54 Å². The molecule has 1 nitrogen and oxygen atoms in total. The molecule has 20 heavy (non-hydrogen) atoms. The summed E-state index contributed by atoms with van der Waals surface area (Å²) in [6.45, 7) is 9.15. The lowest BCUT2D eigenvalue weighted by Gasteiger charge is -2.25. The van der Waals surface area contributed by atoms with Gasteiger partial charge in [-0.3, -0.25) is 0 Å². The van der Waals surface area contributed by atoms with Crippen LogP contribution >= 0.6 is 0 Å². The Morgan fingerprint density at radius 1 is 1.15 bits per heavy atom. The van der Waals surface area contributed by atoms with Crippen LogP contribution in [0.4, 0.5) is 13.2 Å². The second-order valence-electron chi connectivity index (χ2n) is 6.31. The number of alkyl halides is 3. The molecule has 0 fully saturated rings. The molecule has 1 unspecified atom stereocenters. The molecule has 0 aromatic heterocycles. The van der Waals surface area contributed by atoms with E-state index in [1.807, 2.05) is 0 Å². The van der Waals surface area contributed by atoms with Gasteiger partial charge in [0.1, 0.15) is 0 Å². The Labute approximate surface area is 119 Å². The minimum atomic E-state index is -4.26. The van der Waals surface area contributed by atoms with Crippen molar-refractivity contribution in [2.24, 2.45) is 5.92 Å². The summed E-state index contributed by atoms with van der Waals surface area (Å²) in [6.07, 6.45) is -2.65. The highest BCUT2D eigenvalue weighted by molar-refractivity contribution is 5.26. The maximum Gasteiger partial charge on any atom is 0.416 e. The van der Waals surface area contributed by atoms with Gasteiger partial charge in [-0.15, -0.1) is 0 Å². The molecule has 0 heterocycles. The number of benzene rings is 1. The van der Waals surface area contributed by atoms with Gasteiger partial charge in [0.15, 0.2) is 0 Å². The van der Waals surface area contributed by atoms with Crippen LogP contribution in [0.15, 0.2) is 24.3 Å². The smallest absolute Gasteiger partial charge is 0.312 e. The number of rotatable bonds is 5. The molecule has 0 amide bonds. The van der Waals surface area contributed by atoms with Crippen LogP contribution in [0.3, 0.4) is 0 Å². The fourth-order valence-corrected chi connectivity index (χ4v) is 2.02. The van der Waals surface area contributed by atoms with Gasteiger partial charge in [0, 0.05) is 5.54 Å². The van der Waals surface area contributed by atoms with Crippen LogP contribution in [0.2, 0.25) is 0 Å². The van der Waals surface area contributed by atoms with Crippen molar-refractivity contribution < 1.29 is 13.2 Å². The van der Waals surface area contributed by atoms with Crippen molar-refractivity contribution >= 4 is 0 Å². The Bertz CT molecular complexity index is 418. The summed E-state index contributed by atoms with van der Waals surface area (Å²) in [7, 11) is 0. The maximum absolute atomic E-state index is 12.7. The fraction of sp³-hybridized carbons (Fsp3) is 0.625. The van der Waals surface area contributed by atoms with E-state index in [9.17, 15) is 13.2 Å². The van der Waals surface area contributed by atoms with E-state index >= 15 is 0 Å². The monoisotopic (exact) mass is 287 g/mol. The van der Waals surface area contributed by atoms with Crippen LogP contribution in [0.1, 0.15) is 45.2 Å². The number of hydrogen-bond donors (Lipinski definition) is 1. The Morgan fingerprint density at radius 2 is 1.80 bits per heavy atom. The fourth-order valence-electron chi connectivity index (χ4n) is 2.02. The zero-order chi connectivity index (χ0) is 15.4. The molecule has 0 saturated heterocycles. The van der Waals surface area contributed by atoms with Crippen LogP contribution in [-0.4, -0.2) is 12.1 Å². The third-order valence-corrected chi connectivity index (χ3v) is 3.28. The molecule has 1 aromatic rings. The largest absolute Gasteiger partial charge is 0.416 e. The molecule has 0 saturated carbocycles. The van der Waals surface area contributed by atoms with E-state index in [4.69, 9.17) is 0 Å². The third-order valence-electron chi connectivity index (χ3n) is 3.28. The molecule has 1 rings (SSSR count). The normalized spacial score (nSPS) is 14.3. The van der Waals surface area contributed by atoms with E-state index in [0.717, 1.165) is 24.6 Å². The lowest BCUT2D eigenvalue weighted by atomic mass is 9.94. The molecule has 0 aliphatic carbocycles. The predicted octanol–water partition coefficient (Wildman–Crippen LogP) is 4.66. The van der Waals surface area contributed by atoms with Crippen molar-refractivity contribution in [1.29, 1.82) is 0 Å². The summed E-state index contributed by atoms with van der Waals surface area (Å²) >= 11 is 0. The minimum Gasteiger partial charge on any atom is -0.312 e. The minimum absolute atomic E-state index is 0.0290. The Balaban J connectivity index is 2.70. The van der Waals surface area contributed by atoms with E-state index in [1.54, 1.807) is 6.07 Å². The first-order valence-electron chi connectivity index (χ1n) is 7.03. The van der Waals surface area contributed by atoms with Crippen molar-refractivity contribution in [2.75, 3.05) is 6.54 Å². The van der Waals surface area contributed by atoms with Crippen LogP contribution in [0.5, 0.6) is 0 Å². The molecule has 0 aliphatic rings. The van der Waals surface area contributed by atoms with Gasteiger partial charge >= 0.3 is 6.18 Å². The summed E-state index contributed by atoms with van der Waals surface area (Å²) in [4.78, 5) is 0. The van der Waals surface area contributed by atoms with E-state index in [0.29, 0.717) is 12.3 Å². The zero-order valence-electron chi connectivity index (χ0n) is 12.6. The first-order chi connectivity index (χ1) is 9.12. The molecule has 1 N–H and O–H groups in total. The molecule has 4 heteroatoms. The highest BCUT2D eigenvalue weighted by Gasteiger charge is 2.30. The first-order valence-corrected chi connectivity index (χ1v) is 7.03. The van der Waals surface area contributed by atoms with Crippen LogP contribution in [0, 0.1) is 5.92 Å². The second kappa shape index (κ2) is 6.61. The predicted molar refractivity (Wildman–Crippen MR) is 76.7 cm³/mol. The Kier molecular flexibility index (Phi) is 5.63. The first kappa shape index (κ1) is 17.0. The molecule has 0 bridgehead atoms. The summed E-state index contributed by atoms with van der Waals surface area (Å²) in [5.74, 6) is 0.345. The van der Waals surface area contributed by atoms with Gasteiger partial charge in [0.25, 0.3) is 0 Å². The SMILES string of the molecule is CCC(CNC(C)(C)C)Cc1cccc(C(F)(F)F)c1. The van der Waals surface area contributed by atoms with Gasteiger partial charge in [0.05, 0.1) is 5.56 Å². The molecule has 1 aromatic carbocycles. The lowest BCUT2D eigenvalue weighted by Crippen LogP contribution is -2.39. The van der Waals surface area contributed by atoms with E-state index in [2.05, 4.69) is 33.0 Å². The van der Waals surface area contributed by atoms with Crippen molar-refractivity contribution in [2.45, 2.75) is 52.3 Å². The van der Waals surface area contributed by atoms with E-state index in [1.165, 1.54) is 12.1 Å². The van der Waals surface area contributed by atoms with Crippen molar-refractivity contribution in [1.82, 2.24) is 5.32 Å². The number of nitrogens with one attached hydrogen (secondary N) is 1. The van der Waals surface area contributed by atoms with Crippen LogP contribution in [0.25, 0.3) is 0 Å². The molecule has 0 aliphatic heterocycles. The third kappa shape index (κ3) is 5.95. The Morgan fingerprint density at radius 3 is 2.30 bits per heavy atom. The topological polar surface area (TPSA) is 12.0 Å². The Hall–Kier alpha value is -1.03. The van der Waals surface area contributed by atoms with Gasteiger partial charge in [-0.05, 0) is 51.3 Å². The van der Waals surface area contributed by atoms with Crippen molar-refractivity contribution in [3.05, 3.63) is 35.4 Å². The molecule has 0 spiro atoms. The lowest BCUT2D eigenvalue weighted by molar-refractivity contribution is -0.137. The molecular formula is C16H24F3N. The summed E-state index contributed by atoms with van der Waals surface area (Å²) in [5, 5.41) is 3.42.